The minimum Gasteiger partial charge on any atom is -0.493 e. The minimum atomic E-state index is -0.536. The molecule has 0 aromatic heterocycles. The molecule has 1 rings (SSSR count). The average Bonchev–Trinajstić information content (AvgIpc) is 2.28. The molecule has 0 amide bonds. The predicted molar refractivity (Wildman–Crippen MR) is 58.0 cm³/mol. The Hall–Kier alpha value is -1.58. The van der Waals surface area contributed by atoms with E-state index in [0.29, 0.717) is 12.2 Å². The minimum absolute atomic E-state index is 0.100. The quantitative estimate of drug-likeness (QED) is 0.740. The molecule has 88 valence electrons. The Bertz CT molecular complexity index is 377. The van der Waals surface area contributed by atoms with Crippen LogP contribution in [0.4, 0.5) is 4.39 Å². The Morgan fingerprint density at radius 2 is 2.19 bits per heavy atom. The number of rotatable bonds is 4. The molecule has 0 saturated heterocycles. The Balaban J connectivity index is 3.03. The maximum Gasteiger partial charge on any atom is 0.313 e. The van der Waals surface area contributed by atoms with E-state index in [1.54, 1.807) is 26.0 Å². The highest BCUT2D eigenvalue weighted by atomic mass is 19.1. The zero-order chi connectivity index (χ0) is 12.1. The predicted octanol–water partition coefficient (Wildman–Crippen LogP) is 2.50. The molecule has 0 fully saturated rings. The summed E-state index contributed by atoms with van der Waals surface area (Å²) in [4.78, 5) is 11.5. The van der Waals surface area contributed by atoms with Crippen molar-refractivity contribution >= 4 is 5.97 Å². The van der Waals surface area contributed by atoms with Crippen LogP contribution in [0.3, 0.4) is 0 Å². The first-order chi connectivity index (χ1) is 7.61. The molecular formula is C12H15FO3. The van der Waals surface area contributed by atoms with Gasteiger partial charge in [0.15, 0.2) is 11.6 Å². The van der Waals surface area contributed by atoms with Gasteiger partial charge in [0.05, 0.1) is 19.6 Å². The molecule has 0 aliphatic carbocycles. The first-order valence-corrected chi connectivity index (χ1v) is 5.10. The maximum absolute atomic E-state index is 13.4. The van der Waals surface area contributed by atoms with Gasteiger partial charge in [-0.2, -0.15) is 0 Å². The van der Waals surface area contributed by atoms with Gasteiger partial charge in [0.1, 0.15) is 0 Å². The molecule has 0 N–H and O–H groups in total. The van der Waals surface area contributed by atoms with Gasteiger partial charge in [0.2, 0.25) is 0 Å². The van der Waals surface area contributed by atoms with E-state index in [1.807, 2.05) is 0 Å². The van der Waals surface area contributed by atoms with Crippen LogP contribution in [-0.2, 0) is 9.53 Å². The maximum atomic E-state index is 13.4. The lowest BCUT2D eigenvalue weighted by Gasteiger charge is -2.14. The third kappa shape index (κ3) is 2.51. The monoisotopic (exact) mass is 226 g/mol. The molecule has 0 bridgehead atoms. The van der Waals surface area contributed by atoms with Crippen LogP contribution in [0.1, 0.15) is 25.3 Å². The molecule has 16 heavy (non-hydrogen) atoms. The third-order valence-electron chi connectivity index (χ3n) is 2.31. The summed E-state index contributed by atoms with van der Waals surface area (Å²) < 4.78 is 23.2. The molecule has 1 unspecified atom stereocenters. The molecule has 0 aliphatic rings. The van der Waals surface area contributed by atoms with Gasteiger partial charge in [-0.15, -0.1) is 0 Å². The number of halogens is 1. The van der Waals surface area contributed by atoms with Gasteiger partial charge in [-0.25, -0.2) is 4.39 Å². The van der Waals surface area contributed by atoms with Crippen molar-refractivity contribution in [1.82, 2.24) is 0 Å². The number of benzene rings is 1. The summed E-state index contributed by atoms with van der Waals surface area (Å²) in [6, 6.07) is 4.49. The molecule has 0 saturated carbocycles. The number of para-hydroxylation sites is 1. The smallest absolute Gasteiger partial charge is 0.313 e. The van der Waals surface area contributed by atoms with E-state index in [0.717, 1.165) is 0 Å². The van der Waals surface area contributed by atoms with Crippen LogP contribution in [-0.4, -0.2) is 19.7 Å². The lowest BCUT2D eigenvalue weighted by molar-refractivity contribution is -0.144. The number of ether oxygens (including phenoxy) is 2. The standard InChI is InChI=1S/C12H15FO3/c1-4-16-12(14)8(2)9-6-5-7-10(13)11(9)15-3/h5-8H,4H2,1-3H3. The number of hydrogen-bond donors (Lipinski definition) is 0. The second-order valence-electron chi connectivity index (χ2n) is 3.34. The van der Waals surface area contributed by atoms with Crippen LogP contribution in [0.2, 0.25) is 0 Å². The lowest BCUT2D eigenvalue weighted by Crippen LogP contribution is -2.14. The molecule has 1 aromatic rings. The summed E-state index contributed by atoms with van der Waals surface area (Å²) in [7, 11) is 1.37. The van der Waals surface area contributed by atoms with Crippen molar-refractivity contribution in [2.24, 2.45) is 0 Å². The van der Waals surface area contributed by atoms with E-state index in [1.165, 1.54) is 13.2 Å². The molecule has 0 heterocycles. The van der Waals surface area contributed by atoms with Crippen molar-refractivity contribution in [3.8, 4) is 5.75 Å². The van der Waals surface area contributed by atoms with Gasteiger partial charge >= 0.3 is 5.97 Å². The highest BCUT2D eigenvalue weighted by molar-refractivity contribution is 5.78. The van der Waals surface area contributed by atoms with E-state index < -0.39 is 11.7 Å². The van der Waals surface area contributed by atoms with Gasteiger partial charge in [0.25, 0.3) is 0 Å². The molecule has 0 spiro atoms. The number of carbonyl (C=O) groups excluding carboxylic acids is 1. The summed E-state index contributed by atoms with van der Waals surface area (Å²) in [6.07, 6.45) is 0. The van der Waals surface area contributed by atoms with Crippen molar-refractivity contribution in [2.45, 2.75) is 19.8 Å². The van der Waals surface area contributed by atoms with E-state index in [9.17, 15) is 9.18 Å². The molecule has 1 atom stereocenters. The SMILES string of the molecule is CCOC(=O)C(C)c1cccc(F)c1OC. The Morgan fingerprint density at radius 1 is 1.50 bits per heavy atom. The van der Waals surface area contributed by atoms with Crippen molar-refractivity contribution in [1.29, 1.82) is 0 Å². The molecule has 0 aliphatic heterocycles. The second-order valence-corrected chi connectivity index (χ2v) is 3.34. The largest absolute Gasteiger partial charge is 0.493 e. The Kier molecular flexibility index (Phi) is 4.28. The summed E-state index contributed by atoms with van der Waals surface area (Å²) in [5.41, 5.74) is 0.501. The Labute approximate surface area is 94.2 Å². The number of methoxy groups -OCH3 is 1. The van der Waals surface area contributed by atoms with Crippen molar-refractivity contribution < 1.29 is 18.7 Å². The number of esters is 1. The first-order valence-electron chi connectivity index (χ1n) is 5.10. The zero-order valence-corrected chi connectivity index (χ0v) is 9.62. The van der Waals surface area contributed by atoms with Gasteiger partial charge in [0, 0.05) is 5.56 Å². The van der Waals surface area contributed by atoms with Crippen LogP contribution < -0.4 is 4.74 Å². The first kappa shape index (κ1) is 12.5. The number of hydrogen-bond acceptors (Lipinski definition) is 3. The van der Waals surface area contributed by atoms with E-state index >= 15 is 0 Å². The van der Waals surface area contributed by atoms with Crippen LogP contribution in [0, 0.1) is 5.82 Å². The lowest BCUT2D eigenvalue weighted by atomic mass is 10.00. The molecule has 3 nitrogen and oxygen atoms in total. The van der Waals surface area contributed by atoms with Gasteiger partial charge in [-0.1, -0.05) is 12.1 Å². The van der Waals surface area contributed by atoms with Crippen molar-refractivity contribution in [3.05, 3.63) is 29.6 Å². The second kappa shape index (κ2) is 5.49. The van der Waals surface area contributed by atoms with Crippen molar-refractivity contribution in [2.75, 3.05) is 13.7 Å². The Morgan fingerprint density at radius 3 is 2.75 bits per heavy atom. The van der Waals surface area contributed by atoms with Gasteiger partial charge in [-0.3, -0.25) is 4.79 Å². The van der Waals surface area contributed by atoms with E-state index in [-0.39, 0.29) is 11.7 Å². The molecular weight excluding hydrogens is 211 g/mol. The molecule has 1 aromatic carbocycles. The van der Waals surface area contributed by atoms with Gasteiger partial charge in [-0.05, 0) is 19.9 Å². The summed E-state index contributed by atoms with van der Waals surface area (Å²) in [5.74, 6) is -1.30. The fourth-order valence-electron chi connectivity index (χ4n) is 1.48. The van der Waals surface area contributed by atoms with Crippen LogP contribution in [0.25, 0.3) is 0 Å². The topological polar surface area (TPSA) is 35.5 Å². The van der Waals surface area contributed by atoms with Crippen LogP contribution >= 0.6 is 0 Å². The zero-order valence-electron chi connectivity index (χ0n) is 9.62. The summed E-state index contributed by atoms with van der Waals surface area (Å²) in [6.45, 7) is 3.70. The normalized spacial score (nSPS) is 12.0. The highest BCUT2D eigenvalue weighted by Crippen LogP contribution is 2.29. The van der Waals surface area contributed by atoms with E-state index in [2.05, 4.69) is 0 Å². The summed E-state index contributed by atoms with van der Waals surface area (Å²) in [5, 5.41) is 0. The highest BCUT2D eigenvalue weighted by Gasteiger charge is 2.21. The number of carbonyl (C=O) groups is 1. The van der Waals surface area contributed by atoms with Crippen molar-refractivity contribution in [3.63, 3.8) is 0 Å². The summed E-state index contributed by atoms with van der Waals surface area (Å²) >= 11 is 0. The van der Waals surface area contributed by atoms with Gasteiger partial charge < -0.3 is 9.47 Å². The fraction of sp³-hybridized carbons (Fsp3) is 0.417. The van der Waals surface area contributed by atoms with E-state index in [4.69, 9.17) is 9.47 Å². The average molecular weight is 226 g/mol. The van der Waals surface area contributed by atoms with Crippen LogP contribution in [0.15, 0.2) is 18.2 Å². The van der Waals surface area contributed by atoms with Crippen LogP contribution in [0.5, 0.6) is 5.75 Å². The third-order valence-corrected chi connectivity index (χ3v) is 2.31. The molecule has 0 radical (unpaired) electrons. The molecule has 4 heteroatoms. The fourth-order valence-corrected chi connectivity index (χ4v) is 1.48.